The van der Waals surface area contributed by atoms with E-state index in [1.54, 1.807) is 7.11 Å². The molecule has 2 aromatic carbocycles. The molecule has 2 rings (SSSR count). The highest BCUT2D eigenvalue weighted by Gasteiger charge is 2.07. The number of nitrogen functional groups attached to an aromatic ring is 1. The number of hydrogen-bond acceptors (Lipinski definition) is 2. The molecule has 0 saturated carbocycles. The third kappa shape index (κ3) is 2.48. The third-order valence-corrected chi connectivity index (χ3v) is 3.30. The van der Waals surface area contributed by atoms with Gasteiger partial charge in [0.15, 0.2) is 0 Å². The van der Waals surface area contributed by atoms with Crippen molar-refractivity contribution in [1.82, 2.24) is 0 Å². The lowest BCUT2D eigenvalue weighted by molar-refractivity contribution is 0.410. The summed E-state index contributed by atoms with van der Waals surface area (Å²) in [7, 11) is 1.71. The molecule has 0 bridgehead atoms. The molecular formula is C16H19NO. The first-order chi connectivity index (χ1) is 8.61. The van der Waals surface area contributed by atoms with Crippen molar-refractivity contribution in [3.63, 3.8) is 0 Å². The summed E-state index contributed by atoms with van der Waals surface area (Å²) >= 11 is 0. The maximum absolute atomic E-state index is 5.94. The van der Waals surface area contributed by atoms with E-state index in [0.717, 1.165) is 23.4 Å². The summed E-state index contributed by atoms with van der Waals surface area (Å²) in [6.45, 7) is 4.15. The van der Waals surface area contributed by atoms with Gasteiger partial charge in [0.05, 0.1) is 7.11 Å². The second-order valence-corrected chi connectivity index (χ2v) is 4.62. The molecule has 0 unspecified atom stereocenters. The summed E-state index contributed by atoms with van der Waals surface area (Å²) in [4.78, 5) is 0. The average molecular weight is 241 g/mol. The SMILES string of the molecule is COc1ccc(C)cc1Cc1cccc(N)c1C. The van der Waals surface area contributed by atoms with Crippen LogP contribution in [-0.4, -0.2) is 7.11 Å². The van der Waals surface area contributed by atoms with E-state index in [1.165, 1.54) is 16.7 Å². The van der Waals surface area contributed by atoms with Gasteiger partial charge in [-0.15, -0.1) is 0 Å². The minimum Gasteiger partial charge on any atom is -0.496 e. The minimum atomic E-state index is 0.846. The molecule has 94 valence electrons. The van der Waals surface area contributed by atoms with Crippen molar-refractivity contribution in [1.29, 1.82) is 0 Å². The van der Waals surface area contributed by atoms with Crippen LogP contribution in [0.4, 0.5) is 5.69 Å². The van der Waals surface area contributed by atoms with Crippen molar-refractivity contribution in [2.75, 3.05) is 12.8 Å². The highest BCUT2D eigenvalue weighted by Crippen LogP contribution is 2.25. The summed E-state index contributed by atoms with van der Waals surface area (Å²) in [6.07, 6.45) is 0.849. The van der Waals surface area contributed by atoms with Gasteiger partial charge in [0.2, 0.25) is 0 Å². The van der Waals surface area contributed by atoms with Crippen molar-refractivity contribution >= 4 is 5.69 Å². The summed E-state index contributed by atoms with van der Waals surface area (Å²) < 4.78 is 5.41. The fourth-order valence-electron chi connectivity index (χ4n) is 2.15. The number of anilines is 1. The third-order valence-electron chi connectivity index (χ3n) is 3.30. The predicted molar refractivity (Wildman–Crippen MR) is 76.1 cm³/mol. The first-order valence-corrected chi connectivity index (χ1v) is 6.09. The molecule has 2 heteroatoms. The first kappa shape index (κ1) is 12.5. The Hall–Kier alpha value is -1.96. The van der Waals surface area contributed by atoms with Crippen LogP contribution in [0.5, 0.6) is 5.75 Å². The van der Waals surface area contributed by atoms with E-state index < -0.39 is 0 Å². The van der Waals surface area contributed by atoms with Gasteiger partial charge in [-0.2, -0.15) is 0 Å². The zero-order chi connectivity index (χ0) is 13.1. The predicted octanol–water partition coefficient (Wildman–Crippen LogP) is 3.49. The second-order valence-electron chi connectivity index (χ2n) is 4.62. The summed E-state index contributed by atoms with van der Waals surface area (Å²) in [5.74, 6) is 0.933. The normalized spacial score (nSPS) is 10.4. The molecule has 2 aromatic rings. The largest absolute Gasteiger partial charge is 0.496 e. The molecule has 0 amide bonds. The van der Waals surface area contributed by atoms with Gasteiger partial charge < -0.3 is 10.5 Å². The number of rotatable bonds is 3. The minimum absolute atomic E-state index is 0.846. The Morgan fingerprint density at radius 2 is 1.83 bits per heavy atom. The van der Waals surface area contributed by atoms with Crippen molar-refractivity contribution in [3.8, 4) is 5.75 Å². The van der Waals surface area contributed by atoms with Crippen LogP contribution in [0.15, 0.2) is 36.4 Å². The number of aryl methyl sites for hydroxylation is 1. The lowest BCUT2D eigenvalue weighted by Gasteiger charge is -2.12. The molecule has 0 aliphatic rings. The lowest BCUT2D eigenvalue weighted by atomic mass is 9.98. The van der Waals surface area contributed by atoms with Crippen LogP contribution in [0.2, 0.25) is 0 Å². The number of benzene rings is 2. The molecule has 2 nitrogen and oxygen atoms in total. The Labute approximate surface area is 108 Å². The molecule has 0 aliphatic carbocycles. The number of hydrogen-bond donors (Lipinski definition) is 1. The highest BCUT2D eigenvalue weighted by molar-refractivity contribution is 5.52. The second kappa shape index (κ2) is 5.13. The van der Waals surface area contributed by atoms with Gasteiger partial charge in [-0.05, 0) is 42.7 Å². The van der Waals surface area contributed by atoms with Crippen molar-refractivity contribution in [2.24, 2.45) is 0 Å². The van der Waals surface area contributed by atoms with Gasteiger partial charge >= 0.3 is 0 Å². The monoisotopic (exact) mass is 241 g/mol. The summed E-state index contributed by atoms with van der Waals surface area (Å²) in [5, 5.41) is 0. The smallest absolute Gasteiger partial charge is 0.122 e. The molecule has 0 atom stereocenters. The van der Waals surface area contributed by atoms with Crippen molar-refractivity contribution < 1.29 is 4.74 Å². The Bertz CT molecular complexity index is 561. The molecule has 0 fully saturated rings. The molecule has 0 aromatic heterocycles. The molecule has 2 N–H and O–H groups in total. The zero-order valence-electron chi connectivity index (χ0n) is 11.2. The van der Waals surface area contributed by atoms with Crippen LogP contribution in [0.25, 0.3) is 0 Å². The molecular weight excluding hydrogens is 222 g/mol. The van der Waals surface area contributed by atoms with E-state index in [-0.39, 0.29) is 0 Å². The molecule has 0 aliphatic heterocycles. The van der Waals surface area contributed by atoms with Gasteiger partial charge in [0, 0.05) is 12.1 Å². The average Bonchev–Trinajstić information content (AvgIpc) is 2.35. The maximum atomic E-state index is 5.94. The van der Waals surface area contributed by atoms with E-state index in [2.05, 4.69) is 32.0 Å². The molecule has 0 radical (unpaired) electrons. The Morgan fingerprint density at radius 1 is 1.06 bits per heavy atom. The number of ether oxygens (including phenoxy) is 1. The van der Waals surface area contributed by atoms with Crippen molar-refractivity contribution in [3.05, 3.63) is 58.7 Å². The van der Waals surface area contributed by atoms with Gasteiger partial charge in [-0.1, -0.05) is 29.8 Å². The van der Waals surface area contributed by atoms with E-state index >= 15 is 0 Å². The van der Waals surface area contributed by atoms with Crippen LogP contribution in [0, 0.1) is 13.8 Å². The Kier molecular flexibility index (Phi) is 3.56. The van der Waals surface area contributed by atoms with Crippen molar-refractivity contribution in [2.45, 2.75) is 20.3 Å². The van der Waals surface area contributed by atoms with E-state index in [0.29, 0.717) is 0 Å². The van der Waals surface area contributed by atoms with Crippen LogP contribution in [-0.2, 0) is 6.42 Å². The fraction of sp³-hybridized carbons (Fsp3) is 0.250. The zero-order valence-corrected chi connectivity index (χ0v) is 11.2. The Morgan fingerprint density at radius 3 is 2.56 bits per heavy atom. The van der Waals surface area contributed by atoms with Crippen LogP contribution in [0.3, 0.4) is 0 Å². The van der Waals surface area contributed by atoms with Crippen LogP contribution in [0.1, 0.15) is 22.3 Å². The number of methoxy groups -OCH3 is 1. The standard InChI is InChI=1S/C16H19NO/c1-11-7-8-16(18-3)14(9-11)10-13-5-4-6-15(17)12(13)2/h4-9H,10,17H2,1-3H3. The molecule has 0 saturated heterocycles. The van der Waals surface area contributed by atoms with E-state index in [4.69, 9.17) is 10.5 Å². The van der Waals surface area contributed by atoms with Crippen LogP contribution >= 0.6 is 0 Å². The van der Waals surface area contributed by atoms with Crippen LogP contribution < -0.4 is 10.5 Å². The van der Waals surface area contributed by atoms with Gasteiger partial charge in [-0.3, -0.25) is 0 Å². The lowest BCUT2D eigenvalue weighted by Crippen LogP contribution is -1.99. The highest BCUT2D eigenvalue weighted by atomic mass is 16.5. The Balaban J connectivity index is 2.39. The maximum Gasteiger partial charge on any atom is 0.122 e. The van der Waals surface area contributed by atoms with E-state index in [1.807, 2.05) is 18.2 Å². The van der Waals surface area contributed by atoms with E-state index in [9.17, 15) is 0 Å². The van der Waals surface area contributed by atoms with Gasteiger partial charge in [0.1, 0.15) is 5.75 Å². The molecule has 18 heavy (non-hydrogen) atoms. The summed E-state index contributed by atoms with van der Waals surface area (Å²) in [6, 6.07) is 12.3. The molecule has 0 spiro atoms. The topological polar surface area (TPSA) is 35.2 Å². The summed E-state index contributed by atoms with van der Waals surface area (Å²) in [5.41, 5.74) is 11.6. The first-order valence-electron chi connectivity index (χ1n) is 6.09. The molecule has 0 heterocycles. The van der Waals surface area contributed by atoms with Gasteiger partial charge in [-0.25, -0.2) is 0 Å². The fourth-order valence-corrected chi connectivity index (χ4v) is 2.15. The quantitative estimate of drug-likeness (QED) is 0.835. The number of nitrogens with two attached hydrogens (primary N) is 1. The van der Waals surface area contributed by atoms with Gasteiger partial charge in [0.25, 0.3) is 0 Å².